The zero-order chi connectivity index (χ0) is 20.1. The Morgan fingerprint density at radius 3 is 2.62 bits per heavy atom. The summed E-state index contributed by atoms with van der Waals surface area (Å²) in [4.78, 5) is 24.7. The van der Waals surface area contributed by atoms with Crippen molar-refractivity contribution in [3.63, 3.8) is 0 Å². The first-order chi connectivity index (χ1) is 14.2. The van der Waals surface area contributed by atoms with Crippen molar-refractivity contribution in [2.45, 2.75) is 13.0 Å². The zero-order valence-corrected chi connectivity index (χ0v) is 16.2. The number of nitrogens with one attached hydrogen (secondary N) is 1. The lowest BCUT2D eigenvalue weighted by Gasteiger charge is -2.13. The van der Waals surface area contributed by atoms with Crippen molar-refractivity contribution in [1.82, 2.24) is 25.1 Å². The van der Waals surface area contributed by atoms with Gasteiger partial charge in [-0.3, -0.25) is 20.1 Å². The number of hydrogen-bond donors (Lipinski definition) is 1. The first-order valence-corrected chi connectivity index (χ1v) is 9.58. The molecule has 0 fully saturated rings. The summed E-state index contributed by atoms with van der Waals surface area (Å²) >= 11 is 1.29. The molecule has 0 spiro atoms. The monoisotopic (exact) mass is 404 g/mol. The molecule has 0 aliphatic carbocycles. The van der Waals surface area contributed by atoms with Gasteiger partial charge in [-0.25, -0.2) is 4.98 Å². The first kappa shape index (κ1) is 18.6. The number of nitrogens with zero attached hydrogens (tertiary/aromatic N) is 5. The van der Waals surface area contributed by atoms with E-state index in [1.165, 1.54) is 17.5 Å². The van der Waals surface area contributed by atoms with Crippen molar-refractivity contribution in [1.29, 1.82) is 0 Å². The SMILES string of the molecule is C[C@H](Oc1ccc(C(=O)Nc2nnc(-c3ccncc3)s2)cn1)c1cccnc1. The van der Waals surface area contributed by atoms with Crippen molar-refractivity contribution < 1.29 is 9.53 Å². The molecule has 29 heavy (non-hydrogen) atoms. The Hall–Kier alpha value is -3.72. The minimum absolute atomic E-state index is 0.205. The molecular formula is C20H16N6O2S. The lowest BCUT2D eigenvalue weighted by atomic mass is 10.2. The summed E-state index contributed by atoms with van der Waals surface area (Å²) in [5.41, 5.74) is 2.23. The van der Waals surface area contributed by atoms with E-state index in [4.69, 9.17) is 4.74 Å². The van der Waals surface area contributed by atoms with Crippen LogP contribution >= 0.6 is 11.3 Å². The molecule has 1 atom stereocenters. The molecule has 4 heterocycles. The van der Waals surface area contributed by atoms with Gasteiger partial charge in [0.1, 0.15) is 11.1 Å². The topological polar surface area (TPSA) is 103 Å². The smallest absolute Gasteiger partial charge is 0.259 e. The van der Waals surface area contributed by atoms with Crippen LogP contribution in [0.5, 0.6) is 5.88 Å². The fourth-order valence-corrected chi connectivity index (χ4v) is 3.25. The second-order valence-corrected chi connectivity index (χ2v) is 7.01. The summed E-state index contributed by atoms with van der Waals surface area (Å²) in [7, 11) is 0. The second-order valence-electron chi connectivity index (χ2n) is 6.03. The van der Waals surface area contributed by atoms with Crippen molar-refractivity contribution in [2.75, 3.05) is 5.32 Å². The Balaban J connectivity index is 1.39. The predicted molar refractivity (Wildman–Crippen MR) is 109 cm³/mol. The number of ether oxygens (including phenoxy) is 1. The predicted octanol–water partition coefficient (Wildman–Crippen LogP) is 3.78. The van der Waals surface area contributed by atoms with Gasteiger partial charge in [0.05, 0.1) is 5.56 Å². The maximum Gasteiger partial charge on any atom is 0.259 e. The highest BCUT2D eigenvalue weighted by Crippen LogP contribution is 2.26. The highest BCUT2D eigenvalue weighted by Gasteiger charge is 2.13. The second kappa shape index (κ2) is 8.53. The Morgan fingerprint density at radius 1 is 1.03 bits per heavy atom. The third kappa shape index (κ3) is 4.58. The van der Waals surface area contributed by atoms with Gasteiger partial charge in [-0.2, -0.15) is 0 Å². The van der Waals surface area contributed by atoms with Gasteiger partial charge in [0.2, 0.25) is 11.0 Å². The Labute approximate surface area is 170 Å². The largest absolute Gasteiger partial charge is 0.470 e. The summed E-state index contributed by atoms with van der Waals surface area (Å²) in [5.74, 6) is 0.107. The molecule has 0 aliphatic heterocycles. The van der Waals surface area contributed by atoms with Gasteiger partial charge in [0, 0.05) is 48.2 Å². The molecule has 4 aromatic rings. The zero-order valence-electron chi connectivity index (χ0n) is 15.4. The summed E-state index contributed by atoms with van der Waals surface area (Å²) < 4.78 is 5.80. The van der Waals surface area contributed by atoms with Crippen LogP contribution < -0.4 is 10.1 Å². The fraction of sp³-hybridized carbons (Fsp3) is 0.100. The van der Waals surface area contributed by atoms with Crippen LogP contribution in [-0.4, -0.2) is 31.1 Å². The third-order valence-corrected chi connectivity index (χ3v) is 4.91. The third-order valence-electron chi connectivity index (χ3n) is 4.02. The van der Waals surface area contributed by atoms with Crippen LogP contribution in [0.25, 0.3) is 10.6 Å². The first-order valence-electron chi connectivity index (χ1n) is 8.77. The molecule has 0 aromatic carbocycles. The number of hydrogen-bond acceptors (Lipinski definition) is 8. The van der Waals surface area contributed by atoms with E-state index in [2.05, 4.69) is 30.5 Å². The minimum Gasteiger partial charge on any atom is -0.470 e. The molecule has 0 saturated heterocycles. The Kier molecular flexibility index (Phi) is 5.48. The van der Waals surface area contributed by atoms with Crippen LogP contribution in [0.1, 0.15) is 28.9 Å². The van der Waals surface area contributed by atoms with E-state index in [1.54, 1.807) is 36.9 Å². The summed E-state index contributed by atoms with van der Waals surface area (Å²) in [6.07, 6.45) is 8.07. The van der Waals surface area contributed by atoms with Gasteiger partial charge in [-0.15, -0.1) is 10.2 Å². The van der Waals surface area contributed by atoms with Crippen molar-refractivity contribution in [3.05, 3.63) is 78.5 Å². The van der Waals surface area contributed by atoms with Gasteiger partial charge >= 0.3 is 0 Å². The lowest BCUT2D eigenvalue weighted by Crippen LogP contribution is -2.12. The summed E-state index contributed by atoms with van der Waals surface area (Å²) in [6.45, 7) is 1.91. The molecule has 0 bridgehead atoms. The maximum atomic E-state index is 12.4. The minimum atomic E-state index is -0.318. The molecule has 1 amide bonds. The van der Waals surface area contributed by atoms with E-state index < -0.39 is 0 Å². The van der Waals surface area contributed by atoms with E-state index in [-0.39, 0.29) is 12.0 Å². The number of pyridine rings is 3. The molecule has 0 unspecified atom stereocenters. The van der Waals surface area contributed by atoms with Crippen molar-refractivity contribution in [2.24, 2.45) is 0 Å². The van der Waals surface area contributed by atoms with E-state index in [9.17, 15) is 4.79 Å². The Bertz CT molecular complexity index is 1090. The van der Waals surface area contributed by atoms with Gasteiger partial charge in [-0.1, -0.05) is 17.4 Å². The van der Waals surface area contributed by atoms with E-state index in [0.29, 0.717) is 21.6 Å². The van der Waals surface area contributed by atoms with Crippen LogP contribution in [0.2, 0.25) is 0 Å². The molecule has 4 aromatic heterocycles. The number of carbonyl (C=O) groups excluding carboxylic acids is 1. The Morgan fingerprint density at radius 2 is 1.90 bits per heavy atom. The normalized spacial score (nSPS) is 11.6. The van der Waals surface area contributed by atoms with Crippen molar-refractivity contribution in [3.8, 4) is 16.5 Å². The molecule has 0 aliphatic rings. The number of anilines is 1. The number of amides is 1. The molecule has 4 rings (SSSR count). The van der Waals surface area contributed by atoms with Crippen LogP contribution in [0.4, 0.5) is 5.13 Å². The van der Waals surface area contributed by atoms with Gasteiger partial charge in [0.25, 0.3) is 5.91 Å². The van der Waals surface area contributed by atoms with Crippen LogP contribution in [0.15, 0.2) is 67.4 Å². The van der Waals surface area contributed by atoms with Gasteiger partial charge in [0.15, 0.2) is 0 Å². The highest BCUT2D eigenvalue weighted by molar-refractivity contribution is 7.18. The average Bonchev–Trinajstić information content (AvgIpc) is 3.24. The summed E-state index contributed by atoms with van der Waals surface area (Å²) in [6, 6.07) is 10.8. The van der Waals surface area contributed by atoms with Gasteiger partial charge in [-0.05, 0) is 31.2 Å². The quantitative estimate of drug-likeness (QED) is 0.521. The molecule has 1 N–H and O–H groups in total. The van der Waals surface area contributed by atoms with E-state index >= 15 is 0 Å². The number of aromatic nitrogens is 5. The molecule has 9 heteroatoms. The molecule has 8 nitrogen and oxygen atoms in total. The van der Waals surface area contributed by atoms with Crippen molar-refractivity contribution >= 4 is 22.4 Å². The average molecular weight is 404 g/mol. The standard InChI is InChI=1S/C20H16N6O2S/c1-13(15-3-2-8-22-11-15)28-17-5-4-16(12-23-17)18(27)24-20-26-25-19(29-20)14-6-9-21-10-7-14/h2-13H,1H3,(H,24,26,27)/t13-/m0/s1. The van der Waals surface area contributed by atoms with Gasteiger partial charge < -0.3 is 4.74 Å². The van der Waals surface area contributed by atoms with Crippen LogP contribution in [0, 0.1) is 0 Å². The molecule has 0 radical (unpaired) electrons. The number of carbonyl (C=O) groups is 1. The number of rotatable bonds is 6. The fourth-order valence-electron chi connectivity index (χ4n) is 2.50. The van der Waals surface area contributed by atoms with E-state index in [0.717, 1.165) is 11.1 Å². The maximum absolute atomic E-state index is 12.4. The molecule has 144 valence electrons. The lowest BCUT2D eigenvalue weighted by molar-refractivity contribution is 0.102. The highest BCUT2D eigenvalue weighted by atomic mass is 32.1. The van der Waals surface area contributed by atoms with Crippen LogP contribution in [0.3, 0.4) is 0 Å². The molecule has 0 saturated carbocycles. The van der Waals surface area contributed by atoms with Crippen LogP contribution in [-0.2, 0) is 0 Å². The van der Waals surface area contributed by atoms with E-state index in [1.807, 2.05) is 31.2 Å². The summed E-state index contributed by atoms with van der Waals surface area (Å²) in [5, 5.41) is 12.0. The molecular weight excluding hydrogens is 388 g/mol.